The summed E-state index contributed by atoms with van der Waals surface area (Å²) < 4.78 is 12.4. The second-order valence-electron chi connectivity index (χ2n) is 20.5. The smallest absolute Gasteiger partial charge is 0.256 e. The summed E-state index contributed by atoms with van der Waals surface area (Å²) >= 11 is 0. The molecular weight excluding hydrogens is 862 g/mol. The summed E-state index contributed by atoms with van der Waals surface area (Å²) in [5, 5.41) is 4.99. The van der Waals surface area contributed by atoms with E-state index < -0.39 is 0 Å². The molecule has 4 nitrogen and oxygen atoms in total. The van der Waals surface area contributed by atoms with Crippen LogP contribution in [0.1, 0.15) is 37.5 Å². The molecule has 0 bridgehead atoms. The number of anilines is 3. The van der Waals surface area contributed by atoms with Gasteiger partial charge in [0.1, 0.15) is 11.5 Å². The largest absolute Gasteiger partial charge is 0.458 e. The number of nitrogens with zero attached hydrogens (tertiary/aromatic N) is 3. The van der Waals surface area contributed by atoms with Crippen molar-refractivity contribution < 1.29 is 4.74 Å². The van der Waals surface area contributed by atoms with Gasteiger partial charge in [0.05, 0.1) is 39.1 Å². The van der Waals surface area contributed by atoms with Gasteiger partial charge in [-0.15, -0.1) is 0 Å². The highest BCUT2D eigenvalue weighted by Gasteiger charge is 2.45. The fraction of sp³-hybridized carbons (Fsp3) is 0.0909. The van der Waals surface area contributed by atoms with Crippen molar-refractivity contribution >= 4 is 83.8 Å². The Balaban J connectivity index is 1.07. The molecule has 12 aromatic rings. The maximum atomic E-state index is 7.50. The van der Waals surface area contributed by atoms with Crippen LogP contribution in [-0.2, 0) is 5.41 Å². The van der Waals surface area contributed by atoms with E-state index in [4.69, 9.17) is 4.74 Å². The summed E-state index contributed by atoms with van der Waals surface area (Å²) in [5.74, 6) is 1.84. The molecule has 0 unspecified atom stereocenters. The summed E-state index contributed by atoms with van der Waals surface area (Å²) in [5.41, 5.74) is 22.2. The van der Waals surface area contributed by atoms with E-state index in [0.717, 1.165) is 50.9 Å². The van der Waals surface area contributed by atoms with Gasteiger partial charge >= 0.3 is 0 Å². The molecule has 5 heteroatoms. The Morgan fingerprint density at radius 3 is 1.52 bits per heavy atom. The van der Waals surface area contributed by atoms with Gasteiger partial charge in [-0.05, 0) is 124 Å². The molecule has 0 spiro atoms. The van der Waals surface area contributed by atoms with Gasteiger partial charge in [0, 0.05) is 44.0 Å². The van der Waals surface area contributed by atoms with Gasteiger partial charge in [-0.1, -0.05) is 172 Å². The molecular formula is C66H50BN3O. The average molecular weight is 912 g/mol. The Labute approximate surface area is 414 Å². The highest BCUT2D eigenvalue weighted by Crippen LogP contribution is 2.49. The maximum absolute atomic E-state index is 7.50. The molecule has 2 aliphatic heterocycles. The molecule has 0 amide bonds. The number of hydrogen-bond donors (Lipinski definition) is 0. The van der Waals surface area contributed by atoms with Crippen LogP contribution < -0.4 is 26.0 Å². The minimum absolute atomic E-state index is 0.102. The highest BCUT2D eigenvalue weighted by atomic mass is 16.5. The minimum Gasteiger partial charge on any atom is -0.458 e. The van der Waals surface area contributed by atoms with Gasteiger partial charge < -0.3 is 18.8 Å². The van der Waals surface area contributed by atoms with Crippen molar-refractivity contribution in [3.05, 3.63) is 229 Å². The third-order valence-electron chi connectivity index (χ3n) is 15.5. The van der Waals surface area contributed by atoms with Crippen LogP contribution in [0.25, 0.3) is 77.2 Å². The van der Waals surface area contributed by atoms with E-state index in [9.17, 15) is 0 Å². The SMILES string of the molecule is Cc1c(-n2c3ccccc3c3ccccc32)ccc2c1Oc1cc(C(C)(C)C)cc3c1B2c1ccc(-n2c4ccccc4c4ccccc42)c(C)c1N3c1ccccc1-c1cccc(-c2ccccc2)c1. The minimum atomic E-state index is -0.181. The Bertz CT molecular complexity index is 4070. The lowest BCUT2D eigenvalue weighted by atomic mass is 9.33. The topological polar surface area (TPSA) is 22.3 Å². The molecule has 0 aliphatic carbocycles. The van der Waals surface area contributed by atoms with E-state index in [2.05, 4.69) is 261 Å². The average Bonchev–Trinajstić information content (AvgIpc) is 3.92. The van der Waals surface area contributed by atoms with E-state index in [0.29, 0.717) is 0 Å². The van der Waals surface area contributed by atoms with E-state index >= 15 is 0 Å². The molecule has 71 heavy (non-hydrogen) atoms. The van der Waals surface area contributed by atoms with E-state index in [1.807, 2.05) is 0 Å². The summed E-state index contributed by atoms with van der Waals surface area (Å²) in [6, 6.07) is 78.3. The molecule has 0 atom stereocenters. The van der Waals surface area contributed by atoms with Gasteiger partial charge in [-0.2, -0.15) is 0 Å². The highest BCUT2D eigenvalue weighted by molar-refractivity contribution is 6.99. The van der Waals surface area contributed by atoms with Crippen LogP contribution in [0.3, 0.4) is 0 Å². The summed E-state index contributed by atoms with van der Waals surface area (Å²) in [6.07, 6.45) is 0. The van der Waals surface area contributed by atoms with Gasteiger partial charge in [0.25, 0.3) is 6.71 Å². The zero-order chi connectivity index (χ0) is 47.7. The first-order chi connectivity index (χ1) is 34.7. The zero-order valence-electron chi connectivity index (χ0n) is 40.5. The van der Waals surface area contributed by atoms with Gasteiger partial charge in [0.2, 0.25) is 0 Å². The van der Waals surface area contributed by atoms with Crippen LogP contribution in [0.5, 0.6) is 11.5 Å². The van der Waals surface area contributed by atoms with Crippen LogP contribution in [-0.4, -0.2) is 15.8 Å². The number of para-hydroxylation sites is 5. The molecule has 10 aromatic carbocycles. The zero-order valence-corrected chi connectivity index (χ0v) is 40.5. The fourth-order valence-electron chi connectivity index (χ4n) is 12.1. The molecule has 0 radical (unpaired) electrons. The van der Waals surface area contributed by atoms with Gasteiger partial charge in [0.15, 0.2) is 0 Å². The van der Waals surface area contributed by atoms with Crippen LogP contribution in [0.2, 0.25) is 0 Å². The maximum Gasteiger partial charge on any atom is 0.256 e. The van der Waals surface area contributed by atoms with E-state index in [-0.39, 0.29) is 12.1 Å². The third kappa shape index (κ3) is 6.12. The van der Waals surface area contributed by atoms with Crippen LogP contribution in [0.15, 0.2) is 212 Å². The van der Waals surface area contributed by atoms with Crippen molar-refractivity contribution in [2.24, 2.45) is 0 Å². The number of ether oxygens (including phenoxy) is 1. The second kappa shape index (κ2) is 15.5. The summed E-state index contributed by atoms with van der Waals surface area (Å²) in [4.78, 5) is 2.59. The van der Waals surface area contributed by atoms with Crippen molar-refractivity contribution in [2.75, 3.05) is 4.90 Å². The lowest BCUT2D eigenvalue weighted by Gasteiger charge is -2.43. The normalized spacial score (nSPS) is 12.9. The van der Waals surface area contributed by atoms with E-state index in [1.165, 1.54) is 87.9 Å². The number of benzene rings is 10. The quantitative estimate of drug-likeness (QED) is 0.161. The molecule has 4 heterocycles. The van der Waals surface area contributed by atoms with Crippen molar-refractivity contribution in [1.82, 2.24) is 9.13 Å². The lowest BCUT2D eigenvalue weighted by Crippen LogP contribution is -2.60. The van der Waals surface area contributed by atoms with Crippen molar-refractivity contribution in [3.63, 3.8) is 0 Å². The first-order valence-corrected chi connectivity index (χ1v) is 24.9. The Kier molecular flexibility index (Phi) is 9.04. The second-order valence-corrected chi connectivity index (χ2v) is 20.5. The van der Waals surface area contributed by atoms with Crippen molar-refractivity contribution in [2.45, 2.75) is 40.0 Å². The van der Waals surface area contributed by atoms with Gasteiger partial charge in [-0.3, -0.25) is 0 Å². The molecule has 14 rings (SSSR count). The number of fused-ring (bicyclic) bond motifs is 10. The molecule has 0 N–H and O–H groups in total. The summed E-state index contributed by atoms with van der Waals surface area (Å²) in [6.45, 7) is 11.4. The lowest BCUT2D eigenvalue weighted by molar-refractivity contribution is 0.479. The van der Waals surface area contributed by atoms with Crippen LogP contribution in [0, 0.1) is 13.8 Å². The molecule has 2 aliphatic rings. The molecule has 0 saturated heterocycles. The predicted molar refractivity (Wildman–Crippen MR) is 300 cm³/mol. The Morgan fingerprint density at radius 2 is 0.915 bits per heavy atom. The van der Waals surface area contributed by atoms with E-state index in [1.54, 1.807) is 0 Å². The summed E-state index contributed by atoms with van der Waals surface area (Å²) in [7, 11) is 0. The van der Waals surface area contributed by atoms with Crippen LogP contribution >= 0.6 is 0 Å². The first kappa shape index (κ1) is 41.4. The number of rotatable bonds is 5. The van der Waals surface area contributed by atoms with Crippen molar-refractivity contribution in [3.8, 4) is 45.1 Å². The van der Waals surface area contributed by atoms with Gasteiger partial charge in [-0.25, -0.2) is 0 Å². The fourth-order valence-corrected chi connectivity index (χ4v) is 12.1. The first-order valence-electron chi connectivity index (χ1n) is 24.9. The monoisotopic (exact) mass is 911 g/mol. The molecule has 2 aromatic heterocycles. The van der Waals surface area contributed by atoms with Crippen molar-refractivity contribution in [1.29, 1.82) is 0 Å². The molecule has 338 valence electrons. The number of hydrogen-bond acceptors (Lipinski definition) is 2. The van der Waals surface area contributed by atoms with Crippen LogP contribution in [0.4, 0.5) is 17.1 Å². The molecule has 0 saturated carbocycles. The predicted octanol–water partition coefficient (Wildman–Crippen LogP) is 15.5. The number of aromatic nitrogens is 2. The Morgan fingerprint density at radius 1 is 0.408 bits per heavy atom. The Hall–Kier alpha value is -8.54. The third-order valence-corrected chi connectivity index (χ3v) is 15.5. The molecule has 0 fully saturated rings. The standard InChI is InChI=1S/C66H50BN3O/c1-41-54(68-57-30-15-10-25-48(57)49-26-11-16-31-58(49)68)36-34-52-64(41)70(56-29-14-9-24-47(56)45-23-19-22-44(38-45)43-20-7-6-8-21-43)61-39-46(66(3,4)5)40-62-63(61)67(52)53-35-37-55(42(2)65(53)71-62)69-59-32-17-12-27-50(59)51-28-13-18-33-60(51)69/h6-40H,1-5H3.